The zero-order valence-electron chi connectivity index (χ0n) is 10.5. The SMILES string of the molecule is C#CCCNC(=O)N1C(C(=O)O)CSC1C(C)C. The quantitative estimate of drug-likeness (QED) is 0.595. The molecule has 0 saturated carbocycles. The molecule has 1 aliphatic rings. The van der Waals surface area contributed by atoms with Crippen molar-refractivity contribution in [3.8, 4) is 12.3 Å². The maximum absolute atomic E-state index is 12.0. The van der Waals surface area contributed by atoms with Gasteiger partial charge in [0.15, 0.2) is 0 Å². The summed E-state index contributed by atoms with van der Waals surface area (Å²) in [5.41, 5.74) is 0. The van der Waals surface area contributed by atoms with Gasteiger partial charge in [-0.25, -0.2) is 9.59 Å². The minimum Gasteiger partial charge on any atom is -0.480 e. The Morgan fingerprint density at radius 2 is 2.28 bits per heavy atom. The average Bonchev–Trinajstić information content (AvgIpc) is 2.73. The summed E-state index contributed by atoms with van der Waals surface area (Å²) >= 11 is 1.51. The molecule has 2 N–H and O–H groups in total. The highest BCUT2D eigenvalue weighted by Gasteiger charge is 2.42. The number of amides is 2. The van der Waals surface area contributed by atoms with E-state index in [-0.39, 0.29) is 17.3 Å². The van der Waals surface area contributed by atoms with Crippen LogP contribution in [0.3, 0.4) is 0 Å². The highest BCUT2D eigenvalue weighted by atomic mass is 32.2. The summed E-state index contributed by atoms with van der Waals surface area (Å²) in [6.45, 7) is 4.32. The van der Waals surface area contributed by atoms with Gasteiger partial charge in [-0.3, -0.25) is 4.90 Å². The molecule has 0 radical (unpaired) electrons. The third-order valence-electron chi connectivity index (χ3n) is 2.67. The van der Waals surface area contributed by atoms with Crippen molar-refractivity contribution in [2.75, 3.05) is 12.3 Å². The Morgan fingerprint density at radius 3 is 2.78 bits per heavy atom. The third-order valence-corrected chi connectivity index (χ3v) is 4.29. The van der Waals surface area contributed by atoms with Gasteiger partial charge >= 0.3 is 12.0 Å². The maximum atomic E-state index is 12.0. The number of urea groups is 1. The van der Waals surface area contributed by atoms with Crippen LogP contribution in [-0.2, 0) is 4.79 Å². The van der Waals surface area contributed by atoms with Gasteiger partial charge in [0.25, 0.3) is 0 Å². The fourth-order valence-electron chi connectivity index (χ4n) is 1.82. The van der Waals surface area contributed by atoms with Gasteiger partial charge in [-0.05, 0) is 5.92 Å². The van der Waals surface area contributed by atoms with E-state index in [9.17, 15) is 9.59 Å². The van der Waals surface area contributed by atoms with E-state index < -0.39 is 12.0 Å². The van der Waals surface area contributed by atoms with Crippen LogP contribution in [0.15, 0.2) is 0 Å². The van der Waals surface area contributed by atoms with E-state index >= 15 is 0 Å². The number of rotatable bonds is 4. The number of aliphatic carboxylic acids is 1. The third kappa shape index (κ3) is 3.33. The van der Waals surface area contributed by atoms with Gasteiger partial charge in [0.05, 0.1) is 5.37 Å². The summed E-state index contributed by atoms with van der Waals surface area (Å²) in [4.78, 5) is 24.6. The molecule has 0 aliphatic carbocycles. The Labute approximate surface area is 111 Å². The second-order valence-electron chi connectivity index (χ2n) is 4.42. The van der Waals surface area contributed by atoms with Crippen molar-refractivity contribution < 1.29 is 14.7 Å². The lowest BCUT2D eigenvalue weighted by Gasteiger charge is -2.29. The molecule has 1 heterocycles. The van der Waals surface area contributed by atoms with Gasteiger partial charge in [-0.1, -0.05) is 13.8 Å². The van der Waals surface area contributed by atoms with Gasteiger partial charge in [-0.15, -0.1) is 24.1 Å². The first-order valence-electron chi connectivity index (χ1n) is 5.83. The number of carboxylic acid groups (broad SMARTS) is 1. The summed E-state index contributed by atoms with van der Waals surface area (Å²) in [7, 11) is 0. The molecule has 0 bridgehead atoms. The molecule has 1 rings (SSSR count). The number of hydrogen-bond acceptors (Lipinski definition) is 3. The largest absolute Gasteiger partial charge is 0.480 e. The number of hydrogen-bond donors (Lipinski definition) is 2. The number of carboxylic acids is 1. The Balaban J connectivity index is 2.73. The van der Waals surface area contributed by atoms with Gasteiger partial charge in [0.2, 0.25) is 0 Å². The normalized spacial score (nSPS) is 22.9. The molecular weight excluding hydrogens is 252 g/mol. The van der Waals surface area contributed by atoms with E-state index in [1.54, 1.807) is 0 Å². The molecule has 0 aromatic rings. The number of carbonyl (C=O) groups is 2. The predicted molar refractivity (Wildman–Crippen MR) is 71.2 cm³/mol. The summed E-state index contributed by atoms with van der Waals surface area (Å²) in [6, 6.07) is -1.10. The van der Waals surface area contributed by atoms with Crippen molar-refractivity contribution >= 4 is 23.8 Å². The summed E-state index contributed by atoms with van der Waals surface area (Å²) < 4.78 is 0. The van der Waals surface area contributed by atoms with Crippen molar-refractivity contribution in [3.63, 3.8) is 0 Å². The van der Waals surface area contributed by atoms with Crippen LogP contribution in [0, 0.1) is 18.3 Å². The fraction of sp³-hybridized carbons (Fsp3) is 0.667. The fourth-order valence-corrected chi connectivity index (χ4v) is 3.29. The summed E-state index contributed by atoms with van der Waals surface area (Å²) in [6.07, 6.45) is 5.55. The molecule has 5 nitrogen and oxygen atoms in total. The smallest absolute Gasteiger partial charge is 0.327 e. The molecule has 18 heavy (non-hydrogen) atoms. The van der Waals surface area contributed by atoms with Crippen LogP contribution in [0.25, 0.3) is 0 Å². The molecule has 1 aliphatic heterocycles. The zero-order chi connectivity index (χ0) is 13.7. The summed E-state index contributed by atoms with van der Waals surface area (Å²) in [5, 5.41) is 11.7. The van der Waals surface area contributed by atoms with Gasteiger partial charge in [-0.2, -0.15) is 0 Å². The van der Waals surface area contributed by atoms with Crippen LogP contribution < -0.4 is 5.32 Å². The lowest BCUT2D eigenvalue weighted by atomic mass is 10.2. The van der Waals surface area contributed by atoms with E-state index in [0.717, 1.165) is 0 Å². The molecule has 6 heteroatoms. The van der Waals surface area contributed by atoms with E-state index in [1.807, 2.05) is 13.8 Å². The van der Waals surface area contributed by atoms with E-state index in [0.29, 0.717) is 18.7 Å². The molecule has 2 atom stereocenters. The van der Waals surface area contributed by atoms with Crippen LogP contribution in [0.1, 0.15) is 20.3 Å². The Morgan fingerprint density at radius 1 is 1.61 bits per heavy atom. The van der Waals surface area contributed by atoms with Gasteiger partial charge in [0, 0.05) is 18.7 Å². The van der Waals surface area contributed by atoms with Crippen LogP contribution in [0.5, 0.6) is 0 Å². The van der Waals surface area contributed by atoms with Crippen LogP contribution in [-0.4, -0.2) is 45.7 Å². The monoisotopic (exact) mass is 270 g/mol. The minimum atomic E-state index is -0.960. The Kier molecular flexibility index (Phi) is 5.35. The molecular formula is C12H18N2O3S. The molecule has 0 aromatic carbocycles. The van der Waals surface area contributed by atoms with Crippen molar-refractivity contribution in [2.24, 2.45) is 5.92 Å². The minimum absolute atomic E-state index is 0.100. The van der Waals surface area contributed by atoms with Gasteiger partial charge in [0.1, 0.15) is 6.04 Å². The first-order chi connectivity index (χ1) is 8.49. The van der Waals surface area contributed by atoms with E-state index in [1.165, 1.54) is 16.7 Å². The number of thioether (sulfide) groups is 1. The van der Waals surface area contributed by atoms with E-state index in [4.69, 9.17) is 11.5 Å². The van der Waals surface area contributed by atoms with Crippen molar-refractivity contribution in [2.45, 2.75) is 31.7 Å². The van der Waals surface area contributed by atoms with E-state index in [2.05, 4.69) is 11.2 Å². The molecule has 2 unspecified atom stereocenters. The molecule has 1 fully saturated rings. The van der Waals surface area contributed by atoms with Crippen molar-refractivity contribution in [1.82, 2.24) is 10.2 Å². The van der Waals surface area contributed by atoms with Gasteiger partial charge < -0.3 is 10.4 Å². The standard InChI is InChI=1S/C12H18N2O3S/c1-4-5-6-13-12(17)14-9(11(15)16)7-18-10(14)8(2)3/h1,8-10H,5-7H2,2-3H3,(H,13,17)(H,15,16). The zero-order valence-corrected chi connectivity index (χ0v) is 11.4. The molecule has 0 aromatic heterocycles. The Hall–Kier alpha value is -1.35. The van der Waals surface area contributed by atoms with Crippen molar-refractivity contribution in [1.29, 1.82) is 0 Å². The molecule has 100 valence electrons. The second kappa shape index (κ2) is 6.55. The molecule has 2 amide bonds. The number of nitrogens with zero attached hydrogens (tertiary/aromatic N) is 1. The number of carbonyl (C=O) groups excluding carboxylic acids is 1. The van der Waals surface area contributed by atoms with Crippen LogP contribution >= 0.6 is 11.8 Å². The average molecular weight is 270 g/mol. The molecule has 1 saturated heterocycles. The highest BCUT2D eigenvalue weighted by molar-refractivity contribution is 8.00. The van der Waals surface area contributed by atoms with Crippen molar-refractivity contribution in [3.05, 3.63) is 0 Å². The second-order valence-corrected chi connectivity index (χ2v) is 5.56. The first-order valence-corrected chi connectivity index (χ1v) is 6.88. The highest BCUT2D eigenvalue weighted by Crippen LogP contribution is 2.33. The van der Waals surface area contributed by atoms with Crippen LogP contribution in [0.4, 0.5) is 4.79 Å². The number of nitrogens with one attached hydrogen (secondary N) is 1. The first kappa shape index (κ1) is 14.7. The Bertz CT molecular complexity index is 365. The summed E-state index contributed by atoms with van der Waals surface area (Å²) in [5.74, 6) is 2.10. The molecule has 0 spiro atoms. The number of terminal acetylenes is 1. The predicted octanol–water partition coefficient (Wildman–Crippen LogP) is 1.20. The lowest BCUT2D eigenvalue weighted by Crippen LogP contribution is -2.51. The van der Waals surface area contributed by atoms with Crippen LogP contribution in [0.2, 0.25) is 0 Å². The maximum Gasteiger partial charge on any atom is 0.327 e. The topological polar surface area (TPSA) is 69.6 Å². The lowest BCUT2D eigenvalue weighted by molar-refractivity contribution is -0.141.